The standard InChI is InChI=1S/C20H17BrF2N2O2S2/c21-14-2-1-3-16(11-14)29(26,27)15-6-8-25(9-7-15)20-24-19(12-28-20)13-4-5-17(22)18(23)10-13/h1-5,10-12,15H,6-9H2. The number of nitrogens with zero attached hydrogens (tertiary/aromatic N) is 2. The third-order valence-electron chi connectivity index (χ3n) is 4.98. The van der Waals surface area contributed by atoms with Gasteiger partial charge in [-0.1, -0.05) is 22.0 Å². The van der Waals surface area contributed by atoms with E-state index in [2.05, 4.69) is 20.9 Å². The fourth-order valence-corrected chi connectivity index (χ4v) is 6.61. The topological polar surface area (TPSA) is 50.3 Å². The Balaban J connectivity index is 1.46. The van der Waals surface area contributed by atoms with E-state index in [0.29, 0.717) is 42.1 Å². The van der Waals surface area contributed by atoms with E-state index in [4.69, 9.17) is 0 Å². The summed E-state index contributed by atoms with van der Waals surface area (Å²) in [7, 11) is -3.39. The third kappa shape index (κ3) is 4.22. The van der Waals surface area contributed by atoms with Crippen LogP contribution in [0.25, 0.3) is 11.3 Å². The number of anilines is 1. The Morgan fingerprint density at radius 1 is 1.07 bits per heavy atom. The molecular weight excluding hydrogens is 482 g/mol. The summed E-state index contributed by atoms with van der Waals surface area (Å²) in [6.07, 6.45) is 1.02. The van der Waals surface area contributed by atoms with Gasteiger partial charge in [0.2, 0.25) is 0 Å². The lowest BCUT2D eigenvalue weighted by Crippen LogP contribution is -2.39. The van der Waals surface area contributed by atoms with Crippen molar-refractivity contribution >= 4 is 42.2 Å². The summed E-state index contributed by atoms with van der Waals surface area (Å²) in [5.74, 6) is -1.80. The fourth-order valence-electron chi connectivity index (χ4n) is 3.39. The molecule has 0 aliphatic carbocycles. The van der Waals surface area contributed by atoms with Gasteiger partial charge >= 0.3 is 0 Å². The number of sulfone groups is 1. The van der Waals surface area contributed by atoms with Crippen molar-refractivity contribution in [3.63, 3.8) is 0 Å². The van der Waals surface area contributed by atoms with Crippen molar-refractivity contribution in [1.29, 1.82) is 0 Å². The molecule has 0 radical (unpaired) electrons. The number of hydrogen-bond donors (Lipinski definition) is 0. The SMILES string of the molecule is O=S(=O)(c1cccc(Br)c1)C1CCN(c2nc(-c3ccc(F)c(F)c3)cs2)CC1. The summed E-state index contributed by atoms with van der Waals surface area (Å²) >= 11 is 4.74. The molecule has 1 aliphatic rings. The average Bonchev–Trinajstić information content (AvgIpc) is 3.20. The normalized spacial score (nSPS) is 15.6. The Hall–Kier alpha value is -1.84. The number of rotatable bonds is 4. The number of aromatic nitrogens is 1. The summed E-state index contributed by atoms with van der Waals surface area (Å²) in [5, 5.41) is 2.12. The maximum atomic E-state index is 13.5. The van der Waals surface area contributed by atoms with Crippen molar-refractivity contribution in [3.05, 3.63) is 64.0 Å². The van der Waals surface area contributed by atoms with Gasteiger partial charge in [0.25, 0.3) is 0 Å². The minimum atomic E-state index is -3.39. The first-order valence-electron chi connectivity index (χ1n) is 9.00. The van der Waals surface area contributed by atoms with Crippen molar-refractivity contribution in [3.8, 4) is 11.3 Å². The first-order chi connectivity index (χ1) is 13.8. The van der Waals surface area contributed by atoms with Crippen LogP contribution in [-0.2, 0) is 9.84 Å². The van der Waals surface area contributed by atoms with E-state index in [9.17, 15) is 17.2 Å². The lowest BCUT2D eigenvalue weighted by atomic mass is 10.1. The minimum Gasteiger partial charge on any atom is -0.348 e. The molecule has 1 fully saturated rings. The van der Waals surface area contributed by atoms with Crippen LogP contribution >= 0.6 is 27.3 Å². The average molecular weight is 499 g/mol. The van der Waals surface area contributed by atoms with Crippen LogP contribution < -0.4 is 4.90 Å². The summed E-state index contributed by atoms with van der Waals surface area (Å²) < 4.78 is 53.2. The van der Waals surface area contributed by atoms with E-state index in [-0.39, 0.29) is 0 Å². The molecule has 1 aromatic heterocycles. The largest absolute Gasteiger partial charge is 0.348 e. The van der Waals surface area contributed by atoms with Gasteiger partial charge in [0.1, 0.15) is 0 Å². The maximum Gasteiger partial charge on any atom is 0.185 e. The molecule has 152 valence electrons. The predicted octanol–water partition coefficient (Wildman–Crippen LogP) is 5.29. The molecule has 9 heteroatoms. The highest BCUT2D eigenvalue weighted by molar-refractivity contribution is 9.10. The highest BCUT2D eigenvalue weighted by atomic mass is 79.9. The molecule has 0 saturated carbocycles. The van der Waals surface area contributed by atoms with Gasteiger partial charge in [0.15, 0.2) is 26.6 Å². The van der Waals surface area contributed by atoms with Crippen molar-refractivity contribution in [1.82, 2.24) is 4.98 Å². The van der Waals surface area contributed by atoms with Crippen LogP contribution in [0, 0.1) is 11.6 Å². The lowest BCUT2D eigenvalue weighted by Gasteiger charge is -2.31. The van der Waals surface area contributed by atoms with E-state index in [0.717, 1.165) is 21.7 Å². The van der Waals surface area contributed by atoms with Gasteiger partial charge in [-0.3, -0.25) is 0 Å². The molecule has 0 spiro atoms. The Kier molecular flexibility index (Phi) is 5.72. The van der Waals surface area contributed by atoms with Crippen LogP contribution in [0.15, 0.2) is 57.2 Å². The van der Waals surface area contributed by atoms with Crippen molar-refractivity contribution < 1.29 is 17.2 Å². The van der Waals surface area contributed by atoms with Crippen molar-refractivity contribution in [2.75, 3.05) is 18.0 Å². The molecule has 29 heavy (non-hydrogen) atoms. The van der Waals surface area contributed by atoms with Gasteiger partial charge in [0.05, 0.1) is 15.8 Å². The second-order valence-electron chi connectivity index (χ2n) is 6.83. The number of halogens is 3. The summed E-state index contributed by atoms with van der Waals surface area (Å²) in [5.41, 5.74) is 1.09. The van der Waals surface area contributed by atoms with Crippen molar-refractivity contribution in [2.24, 2.45) is 0 Å². The zero-order chi connectivity index (χ0) is 20.6. The molecule has 4 rings (SSSR count). The molecule has 0 unspecified atom stereocenters. The fraction of sp³-hybridized carbons (Fsp3) is 0.250. The molecule has 0 atom stereocenters. The molecule has 0 bridgehead atoms. The quantitative estimate of drug-likeness (QED) is 0.490. The monoisotopic (exact) mass is 498 g/mol. The third-order valence-corrected chi connectivity index (χ3v) is 8.64. The molecular formula is C20H17BrF2N2O2S2. The van der Waals surface area contributed by atoms with Crippen LogP contribution in [0.1, 0.15) is 12.8 Å². The first kappa shape index (κ1) is 20.4. The summed E-state index contributed by atoms with van der Waals surface area (Å²) in [6, 6.07) is 10.5. The van der Waals surface area contributed by atoms with Crippen molar-refractivity contribution in [2.45, 2.75) is 23.0 Å². The van der Waals surface area contributed by atoms with Gasteiger partial charge in [-0.15, -0.1) is 11.3 Å². The van der Waals surface area contributed by atoms with Crippen LogP contribution in [-0.4, -0.2) is 31.7 Å². The molecule has 1 aliphatic heterocycles. The Morgan fingerprint density at radius 3 is 2.52 bits per heavy atom. The van der Waals surface area contributed by atoms with Crippen LogP contribution in [0.5, 0.6) is 0 Å². The van der Waals surface area contributed by atoms with E-state index in [1.54, 1.807) is 29.6 Å². The van der Waals surface area contributed by atoms with Gasteiger partial charge < -0.3 is 4.90 Å². The molecule has 4 nitrogen and oxygen atoms in total. The molecule has 3 aromatic rings. The van der Waals surface area contributed by atoms with E-state index in [1.165, 1.54) is 17.4 Å². The number of hydrogen-bond acceptors (Lipinski definition) is 5. The number of benzene rings is 2. The van der Waals surface area contributed by atoms with Crippen LogP contribution in [0.2, 0.25) is 0 Å². The Morgan fingerprint density at radius 2 is 1.83 bits per heavy atom. The molecule has 1 saturated heterocycles. The van der Waals surface area contributed by atoms with Crippen LogP contribution in [0.3, 0.4) is 0 Å². The van der Waals surface area contributed by atoms with E-state index >= 15 is 0 Å². The minimum absolute atomic E-state index is 0.334. The predicted molar refractivity (Wildman–Crippen MR) is 114 cm³/mol. The highest BCUT2D eigenvalue weighted by Crippen LogP contribution is 2.32. The van der Waals surface area contributed by atoms with Gasteiger partial charge in [-0.05, 0) is 49.2 Å². The Labute approximate surface area is 180 Å². The van der Waals surface area contributed by atoms with Gasteiger partial charge in [-0.2, -0.15) is 0 Å². The molecule has 2 aromatic carbocycles. The number of thiazole rings is 1. The van der Waals surface area contributed by atoms with Crippen LogP contribution in [0.4, 0.5) is 13.9 Å². The molecule has 2 heterocycles. The lowest BCUT2D eigenvalue weighted by molar-refractivity contribution is 0.509. The van der Waals surface area contributed by atoms with Gasteiger partial charge in [0, 0.05) is 28.5 Å². The molecule has 0 N–H and O–H groups in total. The Bertz CT molecular complexity index is 1140. The smallest absolute Gasteiger partial charge is 0.185 e. The maximum absolute atomic E-state index is 13.5. The van der Waals surface area contributed by atoms with E-state index in [1.807, 2.05) is 4.90 Å². The molecule has 0 amide bonds. The van der Waals surface area contributed by atoms with E-state index < -0.39 is 26.7 Å². The zero-order valence-electron chi connectivity index (χ0n) is 15.2. The zero-order valence-corrected chi connectivity index (χ0v) is 18.4. The summed E-state index contributed by atoms with van der Waals surface area (Å²) in [4.78, 5) is 6.91. The second kappa shape index (κ2) is 8.12. The second-order valence-corrected chi connectivity index (χ2v) is 10.8. The van der Waals surface area contributed by atoms with Gasteiger partial charge in [-0.25, -0.2) is 22.2 Å². The highest BCUT2D eigenvalue weighted by Gasteiger charge is 2.32. The first-order valence-corrected chi connectivity index (χ1v) is 12.2. The number of piperidine rings is 1. The summed E-state index contributed by atoms with van der Waals surface area (Å²) in [6.45, 7) is 1.14.